The first-order valence-electron chi connectivity index (χ1n) is 5.08. The SMILES string of the molecule is CCOC(=O)CC(F)c1ccc([N+](=O)[O-])cc1. The Morgan fingerprint density at radius 2 is 2.06 bits per heavy atom. The zero-order chi connectivity index (χ0) is 12.8. The molecule has 1 unspecified atom stereocenters. The number of halogens is 1. The summed E-state index contributed by atoms with van der Waals surface area (Å²) < 4.78 is 18.2. The van der Waals surface area contributed by atoms with E-state index in [0.29, 0.717) is 0 Å². The summed E-state index contributed by atoms with van der Waals surface area (Å²) in [6.45, 7) is 1.84. The number of alkyl halides is 1. The molecule has 0 spiro atoms. The molecule has 0 aliphatic rings. The summed E-state index contributed by atoms with van der Waals surface area (Å²) in [5.41, 5.74) is 0.112. The van der Waals surface area contributed by atoms with Crippen LogP contribution in [0.25, 0.3) is 0 Å². The highest BCUT2D eigenvalue weighted by molar-refractivity contribution is 5.70. The predicted octanol–water partition coefficient (Wildman–Crippen LogP) is 2.56. The lowest BCUT2D eigenvalue weighted by Gasteiger charge is -2.07. The van der Waals surface area contributed by atoms with E-state index in [1.807, 2.05) is 0 Å². The number of nitro benzene ring substituents is 1. The van der Waals surface area contributed by atoms with Crippen LogP contribution in [0.4, 0.5) is 10.1 Å². The summed E-state index contributed by atoms with van der Waals surface area (Å²) in [6.07, 6.45) is -1.89. The average Bonchev–Trinajstić information content (AvgIpc) is 2.29. The van der Waals surface area contributed by atoms with Gasteiger partial charge >= 0.3 is 5.97 Å². The van der Waals surface area contributed by atoms with Crippen LogP contribution in [0.3, 0.4) is 0 Å². The fraction of sp³-hybridized carbons (Fsp3) is 0.364. The van der Waals surface area contributed by atoms with Crippen molar-refractivity contribution in [2.75, 3.05) is 6.61 Å². The number of rotatable bonds is 5. The molecule has 6 heteroatoms. The maximum atomic E-state index is 13.6. The first-order chi connectivity index (χ1) is 8.04. The monoisotopic (exact) mass is 241 g/mol. The van der Waals surface area contributed by atoms with Crippen LogP contribution in [-0.2, 0) is 9.53 Å². The van der Waals surface area contributed by atoms with Gasteiger partial charge in [0.25, 0.3) is 5.69 Å². The van der Waals surface area contributed by atoms with Gasteiger partial charge in [0.1, 0.15) is 6.17 Å². The number of ether oxygens (including phenoxy) is 1. The van der Waals surface area contributed by atoms with E-state index in [0.717, 1.165) is 0 Å². The standard InChI is InChI=1S/C11H12FNO4/c1-2-17-11(14)7-10(12)8-3-5-9(6-4-8)13(15)16/h3-6,10H,2,7H2,1H3. The number of benzene rings is 1. The number of carbonyl (C=O) groups is 1. The predicted molar refractivity (Wildman–Crippen MR) is 58.2 cm³/mol. The Bertz CT molecular complexity index is 404. The lowest BCUT2D eigenvalue weighted by atomic mass is 10.1. The van der Waals surface area contributed by atoms with E-state index in [2.05, 4.69) is 4.74 Å². The van der Waals surface area contributed by atoms with Crippen molar-refractivity contribution in [3.8, 4) is 0 Å². The Labute approximate surface area is 97.3 Å². The van der Waals surface area contributed by atoms with Crippen LogP contribution in [-0.4, -0.2) is 17.5 Å². The Kier molecular flexibility index (Phi) is 4.56. The molecule has 0 aromatic heterocycles. The molecule has 0 N–H and O–H groups in total. The number of esters is 1. The van der Waals surface area contributed by atoms with Gasteiger partial charge in [-0.25, -0.2) is 4.39 Å². The summed E-state index contributed by atoms with van der Waals surface area (Å²) in [5.74, 6) is -0.627. The van der Waals surface area contributed by atoms with Gasteiger partial charge in [-0.15, -0.1) is 0 Å². The Morgan fingerprint density at radius 3 is 2.53 bits per heavy atom. The van der Waals surface area contributed by atoms with Gasteiger partial charge in [0.15, 0.2) is 0 Å². The molecule has 5 nitrogen and oxygen atoms in total. The molecule has 0 saturated carbocycles. The number of hydrogen-bond donors (Lipinski definition) is 0. The molecular formula is C11H12FNO4. The maximum absolute atomic E-state index is 13.6. The number of hydrogen-bond acceptors (Lipinski definition) is 4. The van der Waals surface area contributed by atoms with Gasteiger partial charge in [-0.05, 0) is 24.6 Å². The van der Waals surface area contributed by atoms with Crippen molar-refractivity contribution >= 4 is 11.7 Å². The lowest BCUT2D eigenvalue weighted by molar-refractivity contribution is -0.384. The number of nitro groups is 1. The average molecular weight is 241 g/mol. The number of carbonyl (C=O) groups excluding carboxylic acids is 1. The van der Waals surface area contributed by atoms with E-state index >= 15 is 0 Å². The zero-order valence-electron chi connectivity index (χ0n) is 9.26. The molecule has 17 heavy (non-hydrogen) atoms. The molecule has 0 saturated heterocycles. The summed E-state index contributed by atoms with van der Waals surface area (Å²) in [5, 5.41) is 10.4. The van der Waals surface area contributed by atoms with Crippen LogP contribution >= 0.6 is 0 Å². The van der Waals surface area contributed by atoms with Crippen molar-refractivity contribution in [3.05, 3.63) is 39.9 Å². The van der Waals surface area contributed by atoms with E-state index in [4.69, 9.17) is 0 Å². The second-order valence-electron chi connectivity index (χ2n) is 3.33. The quantitative estimate of drug-likeness (QED) is 0.451. The van der Waals surface area contributed by atoms with Crippen molar-refractivity contribution in [1.82, 2.24) is 0 Å². The van der Waals surface area contributed by atoms with Crippen LogP contribution in [0.2, 0.25) is 0 Å². The smallest absolute Gasteiger partial charge is 0.309 e. The third-order valence-corrected chi connectivity index (χ3v) is 2.12. The molecule has 0 radical (unpaired) electrons. The minimum Gasteiger partial charge on any atom is -0.466 e. The molecule has 92 valence electrons. The first-order valence-corrected chi connectivity index (χ1v) is 5.08. The highest BCUT2D eigenvalue weighted by Crippen LogP contribution is 2.23. The van der Waals surface area contributed by atoms with Crippen molar-refractivity contribution in [1.29, 1.82) is 0 Å². The van der Waals surface area contributed by atoms with Crippen LogP contribution in [0.15, 0.2) is 24.3 Å². The largest absolute Gasteiger partial charge is 0.466 e. The maximum Gasteiger partial charge on any atom is 0.309 e. The highest BCUT2D eigenvalue weighted by Gasteiger charge is 2.16. The Morgan fingerprint density at radius 1 is 1.47 bits per heavy atom. The van der Waals surface area contributed by atoms with Crippen molar-refractivity contribution in [3.63, 3.8) is 0 Å². The van der Waals surface area contributed by atoms with Gasteiger partial charge in [-0.1, -0.05) is 0 Å². The molecule has 0 amide bonds. The van der Waals surface area contributed by atoms with Crippen molar-refractivity contribution in [2.45, 2.75) is 19.5 Å². The summed E-state index contributed by atoms with van der Waals surface area (Å²) in [7, 11) is 0. The van der Waals surface area contributed by atoms with Gasteiger partial charge in [0, 0.05) is 12.1 Å². The Hall–Kier alpha value is -1.98. The fourth-order valence-electron chi connectivity index (χ4n) is 1.29. The number of nitrogens with zero attached hydrogens (tertiary/aromatic N) is 1. The second-order valence-corrected chi connectivity index (χ2v) is 3.33. The topological polar surface area (TPSA) is 69.4 Å². The fourth-order valence-corrected chi connectivity index (χ4v) is 1.29. The van der Waals surface area contributed by atoms with E-state index in [-0.39, 0.29) is 24.3 Å². The molecule has 0 aliphatic heterocycles. The first kappa shape index (κ1) is 13.1. The van der Waals surface area contributed by atoms with Crippen molar-refractivity contribution in [2.24, 2.45) is 0 Å². The lowest BCUT2D eigenvalue weighted by Crippen LogP contribution is -2.07. The molecule has 1 rings (SSSR count). The molecular weight excluding hydrogens is 229 g/mol. The molecule has 0 bridgehead atoms. The van der Waals surface area contributed by atoms with E-state index < -0.39 is 17.1 Å². The van der Waals surface area contributed by atoms with Crippen LogP contribution in [0.5, 0.6) is 0 Å². The molecule has 1 aromatic carbocycles. The minimum atomic E-state index is -1.50. The van der Waals surface area contributed by atoms with Gasteiger partial charge in [0.05, 0.1) is 18.0 Å². The van der Waals surface area contributed by atoms with Crippen LogP contribution in [0.1, 0.15) is 25.1 Å². The van der Waals surface area contributed by atoms with Crippen LogP contribution < -0.4 is 0 Å². The van der Waals surface area contributed by atoms with E-state index in [1.54, 1.807) is 6.92 Å². The highest BCUT2D eigenvalue weighted by atomic mass is 19.1. The summed E-state index contributed by atoms with van der Waals surface area (Å²) >= 11 is 0. The normalized spacial score (nSPS) is 11.9. The van der Waals surface area contributed by atoms with Crippen molar-refractivity contribution < 1.29 is 18.8 Å². The Balaban J connectivity index is 2.66. The van der Waals surface area contributed by atoms with Gasteiger partial charge in [0.2, 0.25) is 0 Å². The van der Waals surface area contributed by atoms with E-state index in [9.17, 15) is 19.3 Å². The molecule has 1 aromatic rings. The van der Waals surface area contributed by atoms with Gasteiger partial charge < -0.3 is 4.74 Å². The molecule has 0 fully saturated rings. The summed E-state index contributed by atoms with van der Waals surface area (Å²) in [4.78, 5) is 20.8. The van der Waals surface area contributed by atoms with E-state index in [1.165, 1.54) is 24.3 Å². The summed E-state index contributed by atoms with van der Waals surface area (Å²) in [6, 6.07) is 4.99. The third kappa shape index (κ3) is 3.82. The third-order valence-electron chi connectivity index (χ3n) is 2.12. The molecule has 0 aliphatic carbocycles. The molecule has 0 heterocycles. The molecule has 1 atom stereocenters. The second kappa shape index (κ2) is 5.93. The van der Waals surface area contributed by atoms with Crippen LogP contribution in [0, 0.1) is 10.1 Å². The zero-order valence-corrected chi connectivity index (χ0v) is 9.26. The van der Waals surface area contributed by atoms with Gasteiger partial charge in [-0.2, -0.15) is 0 Å². The number of non-ortho nitro benzene ring substituents is 1. The minimum absolute atomic E-state index is 0.114. The van der Waals surface area contributed by atoms with Gasteiger partial charge in [-0.3, -0.25) is 14.9 Å².